The molecule has 0 aliphatic carbocycles. The van der Waals surface area contributed by atoms with Crippen molar-refractivity contribution < 1.29 is 14.4 Å². The van der Waals surface area contributed by atoms with Gasteiger partial charge in [0.15, 0.2) is 0 Å². The second-order valence-electron chi connectivity index (χ2n) is 4.28. The highest BCUT2D eigenvalue weighted by Crippen LogP contribution is 2.30. The Hall–Kier alpha value is -2.76. The first-order chi connectivity index (χ1) is 10.1. The van der Waals surface area contributed by atoms with Gasteiger partial charge in [0.25, 0.3) is 5.69 Å². The molecule has 0 fully saturated rings. The first-order valence-corrected chi connectivity index (χ1v) is 6.47. The van der Waals surface area contributed by atoms with E-state index in [1.807, 2.05) is 6.92 Å². The van der Waals surface area contributed by atoms with E-state index in [4.69, 9.17) is 9.47 Å². The monoisotopic (exact) mass is 288 g/mol. The summed E-state index contributed by atoms with van der Waals surface area (Å²) in [7, 11) is 1.58. The SMILES string of the molecule is CCNc1cc(Oc2ccc(OC)cc2)cc([N+](=O)[O-])c1. The number of hydrogen-bond acceptors (Lipinski definition) is 5. The van der Waals surface area contributed by atoms with Gasteiger partial charge >= 0.3 is 0 Å². The molecule has 0 aromatic heterocycles. The summed E-state index contributed by atoms with van der Waals surface area (Å²) in [6.07, 6.45) is 0. The van der Waals surface area contributed by atoms with Crippen LogP contribution in [-0.4, -0.2) is 18.6 Å². The number of nitro benzene ring substituents is 1. The van der Waals surface area contributed by atoms with Crippen molar-refractivity contribution >= 4 is 11.4 Å². The summed E-state index contributed by atoms with van der Waals surface area (Å²) in [5.74, 6) is 1.71. The number of ether oxygens (including phenoxy) is 2. The summed E-state index contributed by atoms with van der Waals surface area (Å²) in [6.45, 7) is 2.59. The van der Waals surface area contributed by atoms with Crippen LogP contribution in [0.5, 0.6) is 17.2 Å². The molecule has 0 aliphatic heterocycles. The van der Waals surface area contributed by atoms with Gasteiger partial charge in [0.2, 0.25) is 0 Å². The zero-order valence-corrected chi connectivity index (χ0v) is 11.8. The Bertz CT molecular complexity index is 626. The number of nitrogens with zero attached hydrogens (tertiary/aromatic N) is 1. The van der Waals surface area contributed by atoms with E-state index in [0.717, 1.165) is 5.75 Å². The predicted octanol–water partition coefficient (Wildman–Crippen LogP) is 3.83. The average Bonchev–Trinajstić information content (AvgIpc) is 2.48. The van der Waals surface area contributed by atoms with E-state index >= 15 is 0 Å². The number of nitrogens with one attached hydrogen (secondary N) is 1. The van der Waals surface area contributed by atoms with E-state index in [1.165, 1.54) is 12.1 Å². The van der Waals surface area contributed by atoms with Gasteiger partial charge in [-0.15, -0.1) is 0 Å². The van der Waals surface area contributed by atoms with Crippen molar-refractivity contribution in [2.45, 2.75) is 6.92 Å². The van der Waals surface area contributed by atoms with Crippen molar-refractivity contribution in [3.8, 4) is 17.2 Å². The third-order valence-corrected chi connectivity index (χ3v) is 2.78. The Balaban J connectivity index is 2.26. The largest absolute Gasteiger partial charge is 0.497 e. The molecule has 0 aliphatic rings. The number of hydrogen-bond donors (Lipinski definition) is 1. The summed E-state index contributed by atoms with van der Waals surface area (Å²) in [5.41, 5.74) is 0.632. The van der Waals surface area contributed by atoms with E-state index in [0.29, 0.717) is 23.7 Å². The van der Waals surface area contributed by atoms with Gasteiger partial charge in [-0.1, -0.05) is 0 Å². The van der Waals surface area contributed by atoms with Crippen LogP contribution in [0.1, 0.15) is 6.92 Å². The summed E-state index contributed by atoms with van der Waals surface area (Å²) in [6, 6.07) is 11.6. The standard InChI is InChI=1S/C15H16N2O4/c1-3-16-11-8-12(17(18)19)10-15(9-11)21-14-6-4-13(20-2)5-7-14/h4-10,16H,3H2,1-2H3. The van der Waals surface area contributed by atoms with Crippen LogP contribution in [0.2, 0.25) is 0 Å². The van der Waals surface area contributed by atoms with E-state index in [9.17, 15) is 10.1 Å². The first-order valence-electron chi connectivity index (χ1n) is 6.47. The maximum absolute atomic E-state index is 11.0. The minimum absolute atomic E-state index is 0.0167. The number of benzene rings is 2. The molecule has 0 atom stereocenters. The molecule has 0 amide bonds. The van der Waals surface area contributed by atoms with Crippen LogP contribution in [0.3, 0.4) is 0 Å². The second kappa shape index (κ2) is 6.60. The van der Waals surface area contributed by atoms with Crippen LogP contribution in [0, 0.1) is 10.1 Å². The lowest BCUT2D eigenvalue weighted by Crippen LogP contribution is -1.98. The molecule has 2 aromatic carbocycles. The number of rotatable bonds is 6. The molecule has 2 aromatic rings. The predicted molar refractivity (Wildman–Crippen MR) is 80.3 cm³/mol. The molecular formula is C15H16N2O4. The Morgan fingerprint density at radius 2 is 1.76 bits per heavy atom. The van der Waals surface area contributed by atoms with E-state index in [2.05, 4.69) is 5.32 Å². The lowest BCUT2D eigenvalue weighted by Gasteiger charge is -2.09. The van der Waals surface area contributed by atoms with Crippen LogP contribution in [0.25, 0.3) is 0 Å². The molecule has 6 heteroatoms. The van der Waals surface area contributed by atoms with Crippen molar-refractivity contribution in [1.29, 1.82) is 0 Å². The lowest BCUT2D eigenvalue weighted by molar-refractivity contribution is -0.384. The Kier molecular flexibility index (Phi) is 4.61. The molecule has 1 N–H and O–H groups in total. The Labute approximate surface area is 122 Å². The fraction of sp³-hybridized carbons (Fsp3) is 0.200. The van der Waals surface area contributed by atoms with Crippen LogP contribution < -0.4 is 14.8 Å². The van der Waals surface area contributed by atoms with Crippen LogP contribution in [0.4, 0.5) is 11.4 Å². The summed E-state index contributed by atoms with van der Waals surface area (Å²) < 4.78 is 10.7. The zero-order chi connectivity index (χ0) is 15.2. The van der Waals surface area contributed by atoms with Gasteiger partial charge in [-0.05, 0) is 31.2 Å². The molecule has 0 saturated heterocycles. The molecular weight excluding hydrogens is 272 g/mol. The molecule has 0 unspecified atom stereocenters. The molecule has 2 rings (SSSR count). The van der Waals surface area contributed by atoms with Gasteiger partial charge in [0.1, 0.15) is 17.2 Å². The fourth-order valence-corrected chi connectivity index (χ4v) is 1.83. The summed E-state index contributed by atoms with van der Waals surface area (Å²) >= 11 is 0. The number of anilines is 1. The minimum atomic E-state index is -0.443. The maximum Gasteiger partial charge on any atom is 0.275 e. The number of methoxy groups -OCH3 is 1. The minimum Gasteiger partial charge on any atom is -0.497 e. The highest BCUT2D eigenvalue weighted by atomic mass is 16.6. The second-order valence-corrected chi connectivity index (χ2v) is 4.28. The van der Waals surface area contributed by atoms with Crippen molar-refractivity contribution in [2.24, 2.45) is 0 Å². The van der Waals surface area contributed by atoms with Crippen molar-refractivity contribution in [3.05, 3.63) is 52.6 Å². The Morgan fingerprint density at radius 1 is 1.10 bits per heavy atom. The highest BCUT2D eigenvalue weighted by molar-refractivity contribution is 5.57. The normalized spacial score (nSPS) is 10.0. The van der Waals surface area contributed by atoms with Crippen molar-refractivity contribution in [2.75, 3.05) is 19.0 Å². The number of non-ortho nitro benzene ring substituents is 1. The van der Waals surface area contributed by atoms with Gasteiger partial charge in [0, 0.05) is 24.4 Å². The zero-order valence-electron chi connectivity index (χ0n) is 11.8. The molecule has 0 heterocycles. The average molecular weight is 288 g/mol. The third kappa shape index (κ3) is 3.85. The van der Waals surface area contributed by atoms with Crippen LogP contribution in [0.15, 0.2) is 42.5 Å². The molecule has 6 nitrogen and oxygen atoms in total. The van der Waals surface area contributed by atoms with Gasteiger partial charge in [-0.25, -0.2) is 0 Å². The molecule has 0 bridgehead atoms. The van der Waals surface area contributed by atoms with Crippen LogP contribution in [-0.2, 0) is 0 Å². The topological polar surface area (TPSA) is 73.6 Å². The fourth-order valence-electron chi connectivity index (χ4n) is 1.83. The highest BCUT2D eigenvalue weighted by Gasteiger charge is 2.11. The van der Waals surface area contributed by atoms with E-state index in [-0.39, 0.29) is 5.69 Å². The number of nitro groups is 1. The first kappa shape index (κ1) is 14.6. The van der Waals surface area contributed by atoms with Crippen LogP contribution >= 0.6 is 0 Å². The molecule has 0 spiro atoms. The molecule has 0 radical (unpaired) electrons. The van der Waals surface area contributed by atoms with E-state index < -0.39 is 4.92 Å². The van der Waals surface area contributed by atoms with Crippen molar-refractivity contribution in [3.63, 3.8) is 0 Å². The Morgan fingerprint density at radius 3 is 2.33 bits per heavy atom. The van der Waals surface area contributed by atoms with Gasteiger partial charge < -0.3 is 14.8 Å². The third-order valence-electron chi connectivity index (χ3n) is 2.78. The van der Waals surface area contributed by atoms with Crippen molar-refractivity contribution in [1.82, 2.24) is 0 Å². The van der Waals surface area contributed by atoms with Gasteiger partial charge in [-0.3, -0.25) is 10.1 Å². The van der Waals surface area contributed by atoms with E-state index in [1.54, 1.807) is 37.4 Å². The molecule has 21 heavy (non-hydrogen) atoms. The molecule has 0 saturated carbocycles. The molecule has 110 valence electrons. The van der Waals surface area contributed by atoms with Gasteiger partial charge in [-0.2, -0.15) is 0 Å². The maximum atomic E-state index is 11.0. The summed E-state index contributed by atoms with van der Waals surface area (Å²) in [5, 5.41) is 14.0. The summed E-state index contributed by atoms with van der Waals surface area (Å²) in [4.78, 5) is 10.5. The van der Waals surface area contributed by atoms with Gasteiger partial charge in [0.05, 0.1) is 18.1 Å². The quantitative estimate of drug-likeness (QED) is 0.646. The smallest absolute Gasteiger partial charge is 0.275 e. The lowest BCUT2D eigenvalue weighted by atomic mass is 10.2.